The maximum Gasteiger partial charge on any atom is 0.0850 e. The van der Waals surface area contributed by atoms with E-state index in [9.17, 15) is 0 Å². The summed E-state index contributed by atoms with van der Waals surface area (Å²) in [5, 5.41) is 0.471. The highest BCUT2D eigenvalue weighted by Crippen LogP contribution is 2.34. The topological polar surface area (TPSA) is 0 Å². The molecule has 0 aliphatic heterocycles. The number of benzene rings is 2. The van der Waals surface area contributed by atoms with Crippen LogP contribution in [0.3, 0.4) is 0 Å². The second kappa shape index (κ2) is 5.22. The number of hydrogen-bond acceptors (Lipinski definition) is 0. The first kappa shape index (κ1) is 12.0. The minimum atomic E-state index is -0.216. The van der Waals surface area contributed by atoms with E-state index in [0.29, 0.717) is 5.02 Å². The van der Waals surface area contributed by atoms with Gasteiger partial charge in [0, 0.05) is 9.50 Å². The molecule has 1 unspecified atom stereocenters. The fourth-order valence-corrected chi connectivity index (χ4v) is 2.50. The van der Waals surface area contributed by atoms with Gasteiger partial charge in [0.25, 0.3) is 0 Å². The largest absolute Gasteiger partial charge is 0.113 e. The molecule has 2 rings (SSSR count). The summed E-state index contributed by atoms with van der Waals surface area (Å²) < 4.78 is 0.980. The third kappa shape index (κ3) is 2.60. The van der Waals surface area contributed by atoms with Gasteiger partial charge in [-0.2, -0.15) is 0 Å². The van der Waals surface area contributed by atoms with Crippen LogP contribution in [-0.4, -0.2) is 0 Å². The van der Waals surface area contributed by atoms with E-state index in [1.165, 1.54) is 0 Å². The summed E-state index contributed by atoms with van der Waals surface area (Å²) in [5.74, 6) is 0. The molecule has 0 heterocycles. The normalized spacial score (nSPS) is 12.4. The fraction of sp³-hybridized carbons (Fsp3) is 0.0769. The van der Waals surface area contributed by atoms with Crippen LogP contribution in [-0.2, 0) is 0 Å². The molecular weight excluding hydrogens is 307 g/mol. The quantitative estimate of drug-likeness (QED) is 0.648. The van der Waals surface area contributed by atoms with Crippen LogP contribution in [0.2, 0.25) is 5.02 Å². The molecule has 0 aliphatic carbocycles. The van der Waals surface area contributed by atoms with Gasteiger partial charge in [-0.25, -0.2) is 0 Å². The van der Waals surface area contributed by atoms with Gasteiger partial charge in [0.2, 0.25) is 0 Å². The zero-order valence-corrected chi connectivity index (χ0v) is 11.4. The molecule has 0 saturated carbocycles. The van der Waals surface area contributed by atoms with Crippen LogP contribution >= 0.6 is 39.1 Å². The Morgan fingerprint density at radius 2 is 1.69 bits per heavy atom. The lowest BCUT2D eigenvalue weighted by Crippen LogP contribution is -1.94. The van der Waals surface area contributed by atoms with Gasteiger partial charge >= 0.3 is 0 Å². The lowest BCUT2D eigenvalue weighted by atomic mass is 10.0. The second-order valence-electron chi connectivity index (χ2n) is 3.44. The summed E-state index contributed by atoms with van der Waals surface area (Å²) in [7, 11) is 0. The number of alkyl halides is 1. The van der Waals surface area contributed by atoms with Crippen molar-refractivity contribution >= 4 is 39.1 Å². The Kier molecular flexibility index (Phi) is 3.91. The van der Waals surface area contributed by atoms with Crippen molar-refractivity contribution in [3.8, 4) is 0 Å². The summed E-state index contributed by atoms with van der Waals surface area (Å²) in [6.07, 6.45) is 0. The SMILES string of the molecule is Clc1ccc(Br)cc1C(Cl)c1ccccc1. The van der Waals surface area contributed by atoms with Gasteiger partial charge in [-0.15, -0.1) is 11.6 Å². The van der Waals surface area contributed by atoms with Gasteiger partial charge < -0.3 is 0 Å². The highest BCUT2D eigenvalue weighted by Gasteiger charge is 2.13. The van der Waals surface area contributed by atoms with Crippen molar-refractivity contribution in [1.29, 1.82) is 0 Å². The van der Waals surface area contributed by atoms with E-state index in [4.69, 9.17) is 23.2 Å². The monoisotopic (exact) mass is 314 g/mol. The van der Waals surface area contributed by atoms with Gasteiger partial charge in [-0.3, -0.25) is 0 Å². The minimum absolute atomic E-state index is 0.216. The first-order valence-electron chi connectivity index (χ1n) is 4.82. The van der Waals surface area contributed by atoms with Gasteiger partial charge in [-0.05, 0) is 29.3 Å². The standard InChI is InChI=1S/C13H9BrCl2/c14-10-6-7-12(15)11(8-10)13(16)9-4-2-1-3-5-9/h1-8,13H. The predicted molar refractivity (Wildman–Crippen MR) is 73.3 cm³/mol. The lowest BCUT2D eigenvalue weighted by molar-refractivity contribution is 1.14. The summed E-state index contributed by atoms with van der Waals surface area (Å²) in [5.41, 5.74) is 1.97. The lowest BCUT2D eigenvalue weighted by Gasteiger charge is -2.12. The Balaban J connectivity index is 2.41. The highest BCUT2D eigenvalue weighted by atomic mass is 79.9. The summed E-state index contributed by atoms with van der Waals surface area (Å²) in [4.78, 5) is 0. The van der Waals surface area contributed by atoms with Crippen molar-refractivity contribution < 1.29 is 0 Å². The van der Waals surface area contributed by atoms with Crippen LogP contribution in [0.15, 0.2) is 53.0 Å². The number of halogens is 3. The van der Waals surface area contributed by atoms with Crippen molar-refractivity contribution in [2.24, 2.45) is 0 Å². The van der Waals surface area contributed by atoms with Crippen LogP contribution in [0.1, 0.15) is 16.5 Å². The number of rotatable bonds is 2. The molecule has 0 fully saturated rings. The zero-order valence-electron chi connectivity index (χ0n) is 8.33. The predicted octanol–water partition coefficient (Wildman–Crippen LogP) is 5.43. The Morgan fingerprint density at radius 1 is 1.00 bits per heavy atom. The summed E-state index contributed by atoms with van der Waals surface area (Å²) in [6, 6.07) is 15.6. The molecule has 1 atom stereocenters. The molecule has 0 bridgehead atoms. The highest BCUT2D eigenvalue weighted by molar-refractivity contribution is 9.10. The Labute approximate surface area is 113 Å². The Bertz CT molecular complexity index is 483. The maximum absolute atomic E-state index is 6.40. The molecule has 16 heavy (non-hydrogen) atoms. The van der Waals surface area contributed by atoms with Crippen LogP contribution in [0.4, 0.5) is 0 Å². The third-order valence-electron chi connectivity index (χ3n) is 2.32. The molecule has 0 aliphatic rings. The number of hydrogen-bond donors (Lipinski definition) is 0. The van der Waals surface area contributed by atoms with E-state index in [1.54, 1.807) is 0 Å². The molecule has 0 aromatic heterocycles. The van der Waals surface area contributed by atoms with Crippen LogP contribution in [0, 0.1) is 0 Å². The second-order valence-corrected chi connectivity index (χ2v) is 5.20. The Morgan fingerprint density at radius 3 is 2.38 bits per heavy atom. The van der Waals surface area contributed by atoms with Crippen molar-refractivity contribution in [3.63, 3.8) is 0 Å². The zero-order chi connectivity index (χ0) is 11.5. The van der Waals surface area contributed by atoms with Crippen molar-refractivity contribution in [3.05, 3.63) is 69.2 Å². The van der Waals surface area contributed by atoms with E-state index < -0.39 is 0 Å². The van der Waals surface area contributed by atoms with E-state index in [1.807, 2.05) is 48.5 Å². The molecule has 3 heteroatoms. The molecule has 0 N–H and O–H groups in total. The molecule has 0 radical (unpaired) electrons. The molecular formula is C13H9BrCl2. The van der Waals surface area contributed by atoms with Crippen LogP contribution in [0.25, 0.3) is 0 Å². The molecule has 82 valence electrons. The smallest absolute Gasteiger partial charge is 0.0850 e. The average molecular weight is 316 g/mol. The van der Waals surface area contributed by atoms with Gasteiger partial charge in [0.15, 0.2) is 0 Å². The van der Waals surface area contributed by atoms with Crippen LogP contribution in [0.5, 0.6) is 0 Å². The van der Waals surface area contributed by atoms with Crippen LogP contribution < -0.4 is 0 Å². The van der Waals surface area contributed by atoms with Gasteiger partial charge in [-0.1, -0.05) is 57.9 Å². The van der Waals surface area contributed by atoms with Crippen molar-refractivity contribution in [2.75, 3.05) is 0 Å². The first-order valence-corrected chi connectivity index (χ1v) is 6.43. The molecule has 2 aromatic rings. The minimum Gasteiger partial charge on any atom is -0.113 e. The fourth-order valence-electron chi connectivity index (χ4n) is 1.51. The van der Waals surface area contributed by atoms with Gasteiger partial charge in [0.05, 0.1) is 5.38 Å². The van der Waals surface area contributed by atoms with E-state index in [0.717, 1.165) is 15.6 Å². The Hall–Kier alpha value is -0.500. The summed E-state index contributed by atoms with van der Waals surface area (Å²) in [6.45, 7) is 0. The third-order valence-corrected chi connectivity index (χ3v) is 3.65. The van der Waals surface area contributed by atoms with E-state index >= 15 is 0 Å². The average Bonchev–Trinajstić information content (AvgIpc) is 2.32. The van der Waals surface area contributed by atoms with Crippen molar-refractivity contribution in [2.45, 2.75) is 5.38 Å². The van der Waals surface area contributed by atoms with Crippen molar-refractivity contribution in [1.82, 2.24) is 0 Å². The maximum atomic E-state index is 6.40. The summed E-state index contributed by atoms with van der Waals surface area (Å²) >= 11 is 16.0. The molecule has 0 saturated heterocycles. The van der Waals surface area contributed by atoms with E-state index in [2.05, 4.69) is 15.9 Å². The molecule has 2 aromatic carbocycles. The van der Waals surface area contributed by atoms with Gasteiger partial charge in [0.1, 0.15) is 0 Å². The molecule has 0 spiro atoms. The molecule has 0 nitrogen and oxygen atoms in total. The first-order chi connectivity index (χ1) is 7.68. The van der Waals surface area contributed by atoms with E-state index in [-0.39, 0.29) is 5.38 Å². The molecule has 0 amide bonds.